The summed E-state index contributed by atoms with van der Waals surface area (Å²) in [5.41, 5.74) is 5.75. The standard InChI is InChI=1S/C23H28N2O3/c1-14-8-17(4)21-18(9-14)10-19(23(27)25-21)11-24-12-20(26)13-28-22-15(2)6-5-7-16(22)3/h5-10,20,24,26H,11-13H2,1-4H3,(H,25,27)/t20-/m1/s1. The van der Waals surface area contributed by atoms with E-state index in [1.807, 2.05) is 52.0 Å². The zero-order valence-electron chi connectivity index (χ0n) is 16.9. The summed E-state index contributed by atoms with van der Waals surface area (Å²) in [5.74, 6) is 0.818. The number of benzene rings is 2. The van der Waals surface area contributed by atoms with Gasteiger partial charge in [-0.3, -0.25) is 4.79 Å². The van der Waals surface area contributed by atoms with Crippen molar-refractivity contribution in [2.24, 2.45) is 0 Å². The van der Waals surface area contributed by atoms with Crippen LogP contribution in [-0.4, -0.2) is 29.3 Å². The van der Waals surface area contributed by atoms with Crippen LogP contribution in [0.4, 0.5) is 0 Å². The van der Waals surface area contributed by atoms with Gasteiger partial charge in [-0.05, 0) is 61.9 Å². The quantitative estimate of drug-likeness (QED) is 0.588. The van der Waals surface area contributed by atoms with E-state index in [0.29, 0.717) is 18.7 Å². The SMILES string of the molecule is Cc1cc(C)c2[nH]c(=O)c(CNC[C@@H](O)COc3c(C)cccc3C)cc2c1. The molecule has 0 spiro atoms. The molecule has 0 aliphatic rings. The van der Waals surface area contributed by atoms with Crippen molar-refractivity contribution in [3.05, 3.63) is 74.6 Å². The maximum Gasteiger partial charge on any atom is 0.252 e. The van der Waals surface area contributed by atoms with Gasteiger partial charge in [-0.2, -0.15) is 0 Å². The van der Waals surface area contributed by atoms with E-state index in [9.17, 15) is 9.90 Å². The lowest BCUT2D eigenvalue weighted by Gasteiger charge is -2.16. The lowest BCUT2D eigenvalue weighted by Crippen LogP contribution is -2.32. The molecule has 0 saturated heterocycles. The van der Waals surface area contributed by atoms with E-state index in [-0.39, 0.29) is 12.2 Å². The second-order valence-corrected chi connectivity index (χ2v) is 7.49. The molecular weight excluding hydrogens is 352 g/mol. The number of nitrogens with one attached hydrogen (secondary N) is 2. The molecule has 0 saturated carbocycles. The number of para-hydroxylation sites is 1. The Balaban J connectivity index is 1.58. The zero-order valence-corrected chi connectivity index (χ0v) is 16.9. The first-order valence-corrected chi connectivity index (χ1v) is 9.56. The summed E-state index contributed by atoms with van der Waals surface area (Å²) in [6.07, 6.45) is -0.664. The van der Waals surface area contributed by atoms with Crippen LogP contribution >= 0.6 is 0 Å². The highest BCUT2D eigenvalue weighted by Crippen LogP contribution is 2.22. The van der Waals surface area contributed by atoms with Gasteiger partial charge in [0.15, 0.2) is 0 Å². The van der Waals surface area contributed by atoms with E-state index in [2.05, 4.69) is 22.4 Å². The Morgan fingerprint density at radius 2 is 1.79 bits per heavy atom. The van der Waals surface area contributed by atoms with Crippen molar-refractivity contribution in [1.82, 2.24) is 10.3 Å². The normalized spacial score (nSPS) is 12.3. The van der Waals surface area contributed by atoms with E-state index in [0.717, 1.165) is 38.9 Å². The van der Waals surface area contributed by atoms with Gasteiger partial charge in [0.1, 0.15) is 18.5 Å². The average Bonchev–Trinajstić information content (AvgIpc) is 2.62. The molecule has 0 amide bonds. The molecule has 2 aromatic carbocycles. The molecule has 0 aliphatic carbocycles. The third-order valence-corrected chi connectivity index (χ3v) is 4.89. The number of fused-ring (bicyclic) bond motifs is 1. The van der Waals surface area contributed by atoms with Gasteiger partial charge in [-0.25, -0.2) is 0 Å². The van der Waals surface area contributed by atoms with Crippen LogP contribution in [0.15, 0.2) is 41.2 Å². The number of hydrogen-bond acceptors (Lipinski definition) is 4. The Labute approximate surface area is 165 Å². The summed E-state index contributed by atoms with van der Waals surface area (Å²) in [6, 6.07) is 12.0. The fraction of sp³-hybridized carbons (Fsp3) is 0.348. The van der Waals surface area contributed by atoms with Crippen LogP contribution in [0, 0.1) is 27.7 Å². The van der Waals surface area contributed by atoms with Crippen LogP contribution in [0.3, 0.4) is 0 Å². The molecule has 148 valence electrons. The van der Waals surface area contributed by atoms with Crippen LogP contribution < -0.4 is 15.6 Å². The van der Waals surface area contributed by atoms with Crippen molar-refractivity contribution in [2.45, 2.75) is 40.3 Å². The molecule has 3 rings (SSSR count). The molecule has 1 heterocycles. The van der Waals surface area contributed by atoms with Crippen LogP contribution in [-0.2, 0) is 6.54 Å². The molecule has 5 nitrogen and oxygen atoms in total. The van der Waals surface area contributed by atoms with Gasteiger partial charge in [0.05, 0.1) is 5.52 Å². The Morgan fingerprint density at radius 3 is 2.50 bits per heavy atom. The predicted molar refractivity (Wildman–Crippen MR) is 113 cm³/mol. The first-order chi connectivity index (χ1) is 13.3. The topological polar surface area (TPSA) is 74.4 Å². The van der Waals surface area contributed by atoms with E-state index in [1.54, 1.807) is 0 Å². The molecule has 0 bridgehead atoms. The third-order valence-electron chi connectivity index (χ3n) is 4.89. The second kappa shape index (κ2) is 8.59. The van der Waals surface area contributed by atoms with Crippen molar-refractivity contribution in [3.63, 3.8) is 0 Å². The fourth-order valence-electron chi connectivity index (χ4n) is 3.50. The molecule has 28 heavy (non-hydrogen) atoms. The van der Waals surface area contributed by atoms with Crippen molar-refractivity contribution in [2.75, 3.05) is 13.2 Å². The third kappa shape index (κ3) is 4.61. The predicted octanol–water partition coefficient (Wildman–Crippen LogP) is 3.29. The smallest absolute Gasteiger partial charge is 0.252 e. The molecule has 3 aromatic rings. The van der Waals surface area contributed by atoms with Gasteiger partial charge in [-0.15, -0.1) is 0 Å². The lowest BCUT2D eigenvalue weighted by molar-refractivity contribution is 0.105. The summed E-state index contributed by atoms with van der Waals surface area (Å²) in [6.45, 7) is 8.95. The number of aryl methyl sites for hydroxylation is 4. The molecule has 5 heteroatoms. The summed E-state index contributed by atoms with van der Waals surface area (Å²) in [4.78, 5) is 15.3. The molecule has 0 unspecified atom stereocenters. The number of aliphatic hydroxyl groups excluding tert-OH is 1. The van der Waals surface area contributed by atoms with Crippen molar-refractivity contribution >= 4 is 10.9 Å². The van der Waals surface area contributed by atoms with Gasteiger partial charge < -0.3 is 20.1 Å². The maximum absolute atomic E-state index is 12.3. The first kappa shape index (κ1) is 20.1. The van der Waals surface area contributed by atoms with Crippen molar-refractivity contribution < 1.29 is 9.84 Å². The lowest BCUT2D eigenvalue weighted by atomic mass is 10.1. The molecule has 0 radical (unpaired) electrons. The van der Waals surface area contributed by atoms with Crippen molar-refractivity contribution in [3.8, 4) is 5.75 Å². The largest absolute Gasteiger partial charge is 0.490 e. The summed E-state index contributed by atoms with van der Waals surface area (Å²) >= 11 is 0. The van der Waals surface area contributed by atoms with Gasteiger partial charge >= 0.3 is 0 Å². The number of aromatic nitrogens is 1. The maximum atomic E-state index is 12.3. The molecular formula is C23H28N2O3. The summed E-state index contributed by atoms with van der Waals surface area (Å²) in [7, 11) is 0. The van der Waals surface area contributed by atoms with Crippen molar-refractivity contribution in [1.29, 1.82) is 0 Å². The highest BCUT2D eigenvalue weighted by molar-refractivity contribution is 5.82. The average molecular weight is 380 g/mol. The van der Waals surface area contributed by atoms with Gasteiger partial charge in [0.25, 0.3) is 5.56 Å². The highest BCUT2D eigenvalue weighted by Gasteiger charge is 2.10. The Kier molecular flexibility index (Phi) is 6.17. The second-order valence-electron chi connectivity index (χ2n) is 7.49. The minimum Gasteiger partial charge on any atom is -0.490 e. The minimum absolute atomic E-state index is 0.103. The number of aliphatic hydroxyl groups is 1. The summed E-state index contributed by atoms with van der Waals surface area (Å²) < 4.78 is 5.78. The number of hydrogen-bond donors (Lipinski definition) is 3. The molecule has 1 atom stereocenters. The van der Waals surface area contributed by atoms with Gasteiger partial charge in [0.2, 0.25) is 0 Å². The molecule has 1 aromatic heterocycles. The fourth-order valence-corrected chi connectivity index (χ4v) is 3.50. The van der Waals surface area contributed by atoms with E-state index < -0.39 is 6.10 Å². The Bertz CT molecular complexity index is 1020. The van der Waals surface area contributed by atoms with E-state index in [1.165, 1.54) is 0 Å². The Morgan fingerprint density at radius 1 is 1.07 bits per heavy atom. The van der Waals surface area contributed by atoms with E-state index in [4.69, 9.17) is 4.74 Å². The highest BCUT2D eigenvalue weighted by atomic mass is 16.5. The van der Waals surface area contributed by atoms with Crippen LogP contribution in [0.1, 0.15) is 27.8 Å². The van der Waals surface area contributed by atoms with Gasteiger partial charge in [-0.1, -0.05) is 29.8 Å². The molecule has 0 fully saturated rings. The van der Waals surface area contributed by atoms with Crippen LogP contribution in [0.25, 0.3) is 10.9 Å². The molecule has 3 N–H and O–H groups in total. The first-order valence-electron chi connectivity index (χ1n) is 9.56. The number of rotatable bonds is 7. The van der Waals surface area contributed by atoms with Crippen LogP contribution in [0.5, 0.6) is 5.75 Å². The monoisotopic (exact) mass is 380 g/mol. The number of pyridine rings is 1. The summed E-state index contributed by atoms with van der Waals surface area (Å²) in [5, 5.41) is 14.4. The van der Waals surface area contributed by atoms with E-state index >= 15 is 0 Å². The number of ether oxygens (including phenoxy) is 1. The molecule has 0 aliphatic heterocycles. The number of H-pyrrole nitrogens is 1. The number of aromatic amines is 1. The minimum atomic E-state index is -0.664. The zero-order chi connectivity index (χ0) is 20.3. The van der Waals surface area contributed by atoms with Crippen LogP contribution in [0.2, 0.25) is 0 Å². The van der Waals surface area contributed by atoms with Gasteiger partial charge in [0, 0.05) is 18.7 Å². The Hall–Kier alpha value is -2.63.